The summed E-state index contributed by atoms with van der Waals surface area (Å²) in [7, 11) is 0. The third kappa shape index (κ3) is 9.73. The Morgan fingerprint density at radius 1 is 1.33 bits per heavy atom. The van der Waals surface area contributed by atoms with E-state index in [9.17, 15) is 4.79 Å². The zero-order valence-electron chi connectivity index (χ0n) is 10.00. The summed E-state index contributed by atoms with van der Waals surface area (Å²) in [5.41, 5.74) is 0. The van der Waals surface area contributed by atoms with Crippen molar-refractivity contribution >= 4 is 5.97 Å². The Labute approximate surface area is 92.8 Å². The van der Waals surface area contributed by atoms with Crippen molar-refractivity contribution in [2.24, 2.45) is 5.92 Å². The lowest BCUT2D eigenvalue weighted by Crippen LogP contribution is -2.09. The Morgan fingerprint density at radius 2 is 2.07 bits per heavy atom. The van der Waals surface area contributed by atoms with Crippen molar-refractivity contribution in [1.29, 1.82) is 0 Å². The van der Waals surface area contributed by atoms with Gasteiger partial charge >= 0.3 is 5.97 Å². The molecule has 0 spiro atoms. The summed E-state index contributed by atoms with van der Waals surface area (Å²) in [5.74, 6) is 0.407. The number of rotatable bonds is 9. The van der Waals surface area contributed by atoms with Crippen molar-refractivity contribution in [3.63, 3.8) is 0 Å². The molecule has 1 N–H and O–H groups in total. The van der Waals surface area contributed by atoms with E-state index in [1.54, 1.807) is 0 Å². The van der Waals surface area contributed by atoms with Gasteiger partial charge in [0, 0.05) is 6.42 Å². The first-order valence-corrected chi connectivity index (χ1v) is 5.97. The number of aliphatic hydroxyl groups excluding tert-OH is 1. The highest BCUT2D eigenvalue weighted by molar-refractivity contribution is 5.69. The van der Waals surface area contributed by atoms with Crippen molar-refractivity contribution in [3.05, 3.63) is 0 Å². The smallest absolute Gasteiger partial charge is 0.305 e. The molecule has 0 aromatic heterocycles. The minimum absolute atomic E-state index is 0.0855. The molecular formula is C12H24O3. The molecule has 0 rings (SSSR count). The first-order chi connectivity index (χ1) is 7.20. The van der Waals surface area contributed by atoms with E-state index in [1.807, 2.05) is 0 Å². The molecule has 15 heavy (non-hydrogen) atoms. The highest BCUT2D eigenvalue weighted by Gasteiger charge is 2.07. The maximum Gasteiger partial charge on any atom is 0.305 e. The van der Waals surface area contributed by atoms with Gasteiger partial charge in [-0.3, -0.25) is 4.79 Å². The maximum absolute atomic E-state index is 11.1. The Bertz CT molecular complexity index is 157. The third-order valence-electron chi connectivity index (χ3n) is 2.50. The third-order valence-corrected chi connectivity index (χ3v) is 2.50. The maximum atomic E-state index is 11.1. The molecule has 0 aliphatic heterocycles. The van der Waals surface area contributed by atoms with Gasteiger partial charge in [-0.25, -0.2) is 0 Å². The molecule has 0 saturated heterocycles. The fourth-order valence-corrected chi connectivity index (χ4v) is 1.48. The zero-order chi connectivity index (χ0) is 11.5. The molecule has 1 unspecified atom stereocenters. The predicted octanol–water partition coefficient (Wildman–Crippen LogP) is 2.52. The van der Waals surface area contributed by atoms with Crippen LogP contribution in [0.5, 0.6) is 0 Å². The molecule has 3 nitrogen and oxygen atoms in total. The van der Waals surface area contributed by atoms with E-state index in [0.717, 1.165) is 6.42 Å². The fraction of sp³-hybridized carbons (Fsp3) is 0.917. The first-order valence-electron chi connectivity index (χ1n) is 5.97. The van der Waals surface area contributed by atoms with Crippen LogP contribution in [0.25, 0.3) is 0 Å². The Balaban J connectivity index is 3.36. The van der Waals surface area contributed by atoms with Crippen molar-refractivity contribution in [1.82, 2.24) is 0 Å². The SMILES string of the molecule is CCCCCC(C)CCC(=O)OCCO. The van der Waals surface area contributed by atoms with Gasteiger partial charge in [-0.05, 0) is 12.3 Å². The number of hydrogen-bond donors (Lipinski definition) is 1. The van der Waals surface area contributed by atoms with Crippen LogP contribution in [-0.2, 0) is 9.53 Å². The summed E-state index contributed by atoms with van der Waals surface area (Å²) in [6.07, 6.45) is 6.34. The second-order valence-corrected chi connectivity index (χ2v) is 4.08. The van der Waals surface area contributed by atoms with E-state index in [-0.39, 0.29) is 19.2 Å². The quantitative estimate of drug-likeness (QED) is 0.476. The van der Waals surface area contributed by atoms with Crippen LogP contribution in [0.4, 0.5) is 0 Å². The van der Waals surface area contributed by atoms with Crippen LogP contribution in [0.2, 0.25) is 0 Å². The summed E-state index contributed by atoms with van der Waals surface area (Å²) in [6.45, 7) is 4.41. The second kappa shape index (κ2) is 9.97. The lowest BCUT2D eigenvalue weighted by Gasteiger charge is -2.10. The van der Waals surface area contributed by atoms with Gasteiger partial charge in [0.1, 0.15) is 6.61 Å². The molecule has 0 aromatic carbocycles. The number of ether oxygens (including phenoxy) is 1. The summed E-state index contributed by atoms with van der Waals surface area (Å²) in [4.78, 5) is 11.1. The molecule has 0 fully saturated rings. The van der Waals surface area contributed by atoms with Gasteiger partial charge in [0.25, 0.3) is 0 Å². The highest BCUT2D eigenvalue weighted by atomic mass is 16.5. The number of esters is 1. The molecule has 0 aromatic rings. The predicted molar refractivity (Wildman–Crippen MR) is 60.6 cm³/mol. The monoisotopic (exact) mass is 216 g/mol. The molecule has 0 aliphatic rings. The molecule has 0 aliphatic carbocycles. The molecular weight excluding hydrogens is 192 g/mol. The molecule has 1 atom stereocenters. The molecule has 0 saturated carbocycles. The number of carbonyl (C=O) groups excluding carboxylic acids is 1. The van der Waals surface area contributed by atoms with E-state index in [4.69, 9.17) is 9.84 Å². The molecule has 90 valence electrons. The van der Waals surface area contributed by atoms with Gasteiger partial charge in [0.05, 0.1) is 6.61 Å². The van der Waals surface area contributed by atoms with Crippen LogP contribution in [-0.4, -0.2) is 24.3 Å². The van der Waals surface area contributed by atoms with E-state index < -0.39 is 0 Å². The van der Waals surface area contributed by atoms with Crippen LogP contribution in [0, 0.1) is 5.92 Å². The largest absolute Gasteiger partial charge is 0.463 e. The van der Waals surface area contributed by atoms with Crippen molar-refractivity contribution < 1.29 is 14.6 Å². The summed E-state index contributed by atoms with van der Waals surface area (Å²) >= 11 is 0. The van der Waals surface area contributed by atoms with Gasteiger partial charge in [-0.1, -0.05) is 39.5 Å². The lowest BCUT2D eigenvalue weighted by atomic mass is 9.98. The number of unbranched alkanes of at least 4 members (excludes halogenated alkanes) is 2. The minimum Gasteiger partial charge on any atom is -0.463 e. The highest BCUT2D eigenvalue weighted by Crippen LogP contribution is 2.14. The van der Waals surface area contributed by atoms with Gasteiger partial charge in [0.2, 0.25) is 0 Å². The Kier molecular flexibility index (Phi) is 9.59. The van der Waals surface area contributed by atoms with Gasteiger partial charge in [-0.15, -0.1) is 0 Å². The van der Waals surface area contributed by atoms with Gasteiger partial charge < -0.3 is 9.84 Å². The molecule has 3 heteroatoms. The van der Waals surface area contributed by atoms with E-state index in [2.05, 4.69) is 13.8 Å². The van der Waals surface area contributed by atoms with Crippen LogP contribution < -0.4 is 0 Å². The molecule has 0 radical (unpaired) electrons. The fourth-order valence-electron chi connectivity index (χ4n) is 1.48. The number of carbonyl (C=O) groups is 1. The van der Waals surface area contributed by atoms with Crippen LogP contribution in [0.1, 0.15) is 52.4 Å². The summed E-state index contributed by atoms with van der Waals surface area (Å²) < 4.78 is 4.78. The van der Waals surface area contributed by atoms with Crippen molar-refractivity contribution in [2.45, 2.75) is 52.4 Å². The van der Waals surface area contributed by atoms with Gasteiger partial charge in [0.15, 0.2) is 0 Å². The minimum atomic E-state index is -0.189. The average molecular weight is 216 g/mol. The topological polar surface area (TPSA) is 46.5 Å². The number of aliphatic hydroxyl groups is 1. The first kappa shape index (κ1) is 14.4. The van der Waals surface area contributed by atoms with E-state index >= 15 is 0 Å². The Morgan fingerprint density at radius 3 is 2.67 bits per heavy atom. The van der Waals surface area contributed by atoms with Crippen LogP contribution in [0.3, 0.4) is 0 Å². The summed E-state index contributed by atoms with van der Waals surface area (Å²) in [5, 5.41) is 8.46. The van der Waals surface area contributed by atoms with Crippen molar-refractivity contribution in [2.75, 3.05) is 13.2 Å². The van der Waals surface area contributed by atoms with Crippen LogP contribution >= 0.6 is 0 Å². The molecule has 0 bridgehead atoms. The standard InChI is InChI=1S/C12H24O3/c1-3-4-5-6-11(2)7-8-12(14)15-10-9-13/h11,13H,3-10H2,1-2H3. The van der Waals surface area contributed by atoms with E-state index in [0.29, 0.717) is 12.3 Å². The normalized spacial score (nSPS) is 12.5. The molecule has 0 amide bonds. The second-order valence-electron chi connectivity index (χ2n) is 4.08. The molecule has 0 heterocycles. The lowest BCUT2D eigenvalue weighted by molar-refractivity contribution is -0.144. The average Bonchev–Trinajstić information content (AvgIpc) is 2.24. The Hall–Kier alpha value is -0.570. The summed E-state index contributed by atoms with van der Waals surface area (Å²) in [6, 6.07) is 0. The van der Waals surface area contributed by atoms with Crippen LogP contribution in [0.15, 0.2) is 0 Å². The van der Waals surface area contributed by atoms with Crippen molar-refractivity contribution in [3.8, 4) is 0 Å². The van der Waals surface area contributed by atoms with E-state index in [1.165, 1.54) is 25.7 Å². The van der Waals surface area contributed by atoms with Gasteiger partial charge in [-0.2, -0.15) is 0 Å². The zero-order valence-corrected chi connectivity index (χ0v) is 10.00. The number of hydrogen-bond acceptors (Lipinski definition) is 3.